The summed E-state index contributed by atoms with van der Waals surface area (Å²) in [5.41, 5.74) is 0.825. The van der Waals surface area contributed by atoms with Crippen LogP contribution in [0.5, 0.6) is 11.5 Å². The fourth-order valence-electron chi connectivity index (χ4n) is 1.98. The van der Waals surface area contributed by atoms with Crippen LogP contribution in [0, 0.1) is 0 Å². The highest BCUT2D eigenvalue weighted by atomic mass is 16.5. The Bertz CT molecular complexity index is 608. The third-order valence-electron chi connectivity index (χ3n) is 3.10. The average molecular weight is 297 g/mol. The second kappa shape index (κ2) is 7.88. The van der Waals surface area contributed by atoms with Gasteiger partial charge in [-0.25, -0.2) is 0 Å². The van der Waals surface area contributed by atoms with Gasteiger partial charge in [0.05, 0.1) is 7.11 Å². The predicted molar refractivity (Wildman–Crippen MR) is 87.5 cm³/mol. The van der Waals surface area contributed by atoms with Gasteiger partial charge in [-0.3, -0.25) is 4.79 Å². The third kappa shape index (κ3) is 4.12. The number of methoxy groups -OCH3 is 1. The van der Waals surface area contributed by atoms with Gasteiger partial charge in [0, 0.05) is 12.2 Å². The molecule has 0 heterocycles. The van der Waals surface area contributed by atoms with Gasteiger partial charge in [0.1, 0.15) is 11.5 Å². The second-order valence-electron chi connectivity index (χ2n) is 4.59. The summed E-state index contributed by atoms with van der Waals surface area (Å²) < 4.78 is 10.6. The normalized spacial score (nSPS) is 9.86. The van der Waals surface area contributed by atoms with Crippen molar-refractivity contribution in [2.45, 2.75) is 0 Å². The standard InChI is InChI=1S/C18H19NO3/c1-3-13-19(15-7-5-4-6-8-15)18(20)14-22-17-11-9-16(21-2)10-12-17/h3-12H,1,13-14H2,2H3. The Labute approximate surface area is 130 Å². The number of ether oxygens (including phenoxy) is 2. The predicted octanol–water partition coefficient (Wildman–Crippen LogP) is 3.29. The molecule has 0 bridgehead atoms. The minimum atomic E-state index is -0.123. The number of para-hydroxylation sites is 1. The summed E-state index contributed by atoms with van der Waals surface area (Å²) in [5.74, 6) is 1.25. The first-order chi connectivity index (χ1) is 10.7. The Hall–Kier alpha value is -2.75. The highest BCUT2D eigenvalue weighted by Crippen LogP contribution is 2.18. The maximum atomic E-state index is 12.4. The Balaban J connectivity index is 2.00. The maximum absolute atomic E-state index is 12.4. The van der Waals surface area contributed by atoms with Crippen molar-refractivity contribution in [3.8, 4) is 11.5 Å². The van der Waals surface area contributed by atoms with Crippen molar-refractivity contribution >= 4 is 11.6 Å². The maximum Gasteiger partial charge on any atom is 0.265 e. The van der Waals surface area contributed by atoms with E-state index in [0.29, 0.717) is 12.3 Å². The molecule has 114 valence electrons. The molecule has 2 rings (SSSR count). The van der Waals surface area contributed by atoms with E-state index in [-0.39, 0.29) is 12.5 Å². The summed E-state index contributed by atoms with van der Waals surface area (Å²) in [7, 11) is 1.60. The quantitative estimate of drug-likeness (QED) is 0.736. The first-order valence-corrected chi connectivity index (χ1v) is 6.97. The van der Waals surface area contributed by atoms with Crippen LogP contribution in [0.4, 0.5) is 5.69 Å². The number of amides is 1. The van der Waals surface area contributed by atoms with Gasteiger partial charge >= 0.3 is 0 Å². The molecule has 0 saturated carbocycles. The lowest BCUT2D eigenvalue weighted by molar-refractivity contribution is -0.120. The van der Waals surface area contributed by atoms with Crippen LogP contribution in [0.1, 0.15) is 0 Å². The molecule has 4 heteroatoms. The minimum absolute atomic E-state index is 0.0327. The zero-order valence-corrected chi connectivity index (χ0v) is 12.6. The Kier molecular flexibility index (Phi) is 5.60. The molecule has 0 aliphatic rings. The van der Waals surface area contributed by atoms with Gasteiger partial charge in [0.2, 0.25) is 0 Å². The van der Waals surface area contributed by atoms with Gasteiger partial charge in [-0.1, -0.05) is 24.3 Å². The van der Waals surface area contributed by atoms with Crippen LogP contribution < -0.4 is 14.4 Å². The highest BCUT2D eigenvalue weighted by Gasteiger charge is 2.14. The summed E-state index contributed by atoms with van der Waals surface area (Å²) in [6, 6.07) is 16.6. The number of anilines is 1. The molecule has 2 aromatic rings. The summed E-state index contributed by atoms with van der Waals surface area (Å²) in [6.45, 7) is 4.10. The van der Waals surface area contributed by atoms with Gasteiger partial charge in [-0.2, -0.15) is 0 Å². The Morgan fingerprint density at radius 3 is 2.32 bits per heavy atom. The van der Waals surface area contributed by atoms with E-state index < -0.39 is 0 Å². The molecule has 2 aromatic carbocycles. The van der Waals surface area contributed by atoms with Gasteiger partial charge < -0.3 is 14.4 Å². The molecule has 0 aromatic heterocycles. The van der Waals surface area contributed by atoms with Crippen LogP contribution in [0.15, 0.2) is 67.3 Å². The fraction of sp³-hybridized carbons (Fsp3) is 0.167. The van der Waals surface area contributed by atoms with Crippen molar-refractivity contribution in [3.63, 3.8) is 0 Å². The number of nitrogens with zero attached hydrogens (tertiary/aromatic N) is 1. The summed E-state index contributed by atoms with van der Waals surface area (Å²) in [6.07, 6.45) is 1.69. The van der Waals surface area contributed by atoms with E-state index in [0.717, 1.165) is 11.4 Å². The lowest BCUT2D eigenvalue weighted by atomic mass is 10.3. The van der Waals surface area contributed by atoms with E-state index in [4.69, 9.17) is 9.47 Å². The van der Waals surface area contributed by atoms with E-state index >= 15 is 0 Å². The third-order valence-corrected chi connectivity index (χ3v) is 3.10. The zero-order chi connectivity index (χ0) is 15.8. The van der Waals surface area contributed by atoms with E-state index in [9.17, 15) is 4.79 Å². The van der Waals surface area contributed by atoms with Crippen LogP contribution in [-0.2, 0) is 4.79 Å². The molecular weight excluding hydrogens is 278 g/mol. The molecule has 0 saturated heterocycles. The van der Waals surface area contributed by atoms with Crippen LogP contribution in [0.25, 0.3) is 0 Å². The molecular formula is C18H19NO3. The zero-order valence-electron chi connectivity index (χ0n) is 12.6. The van der Waals surface area contributed by atoms with E-state index in [1.165, 1.54) is 0 Å². The average Bonchev–Trinajstić information content (AvgIpc) is 2.58. The minimum Gasteiger partial charge on any atom is -0.497 e. The largest absolute Gasteiger partial charge is 0.497 e. The molecule has 0 aliphatic carbocycles. The number of hydrogen-bond acceptors (Lipinski definition) is 3. The Morgan fingerprint density at radius 2 is 1.73 bits per heavy atom. The van der Waals surface area contributed by atoms with Crippen LogP contribution >= 0.6 is 0 Å². The molecule has 0 spiro atoms. The van der Waals surface area contributed by atoms with Crippen molar-refractivity contribution in [2.75, 3.05) is 25.2 Å². The van der Waals surface area contributed by atoms with E-state index in [2.05, 4.69) is 6.58 Å². The number of benzene rings is 2. The fourth-order valence-corrected chi connectivity index (χ4v) is 1.98. The first kappa shape index (κ1) is 15.6. The molecule has 0 aliphatic heterocycles. The smallest absolute Gasteiger partial charge is 0.265 e. The van der Waals surface area contributed by atoms with Gasteiger partial charge in [-0.15, -0.1) is 6.58 Å². The highest BCUT2D eigenvalue weighted by molar-refractivity contribution is 5.94. The van der Waals surface area contributed by atoms with Crippen molar-refractivity contribution in [1.29, 1.82) is 0 Å². The molecule has 0 fully saturated rings. The first-order valence-electron chi connectivity index (χ1n) is 6.97. The van der Waals surface area contributed by atoms with Gasteiger partial charge in [0.15, 0.2) is 6.61 Å². The molecule has 1 amide bonds. The molecule has 0 radical (unpaired) electrons. The van der Waals surface area contributed by atoms with Gasteiger partial charge in [0.25, 0.3) is 5.91 Å². The van der Waals surface area contributed by atoms with E-state index in [1.807, 2.05) is 30.3 Å². The molecule has 22 heavy (non-hydrogen) atoms. The van der Waals surface area contributed by atoms with Crippen molar-refractivity contribution in [2.24, 2.45) is 0 Å². The van der Waals surface area contributed by atoms with Crippen LogP contribution in [-0.4, -0.2) is 26.2 Å². The molecule has 4 nitrogen and oxygen atoms in total. The van der Waals surface area contributed by atoms with Gasteiger partial charge in [-0.05, 0) is 36.4 Å². The SMILES string of the molecule is C=CCN(C(=O)COc1ccc(OC)cc1)c1ccccc1. The van der Waals surface area contributed by atoms with Crippen molar-refractivity contribution in [3.05, 3.63) is 67.3 Å². The lowest BCUT2D eigenvalue weighted by Crippen LogP contribution is -2.35. The number of hydrogen-bond donors (Lipinski definition) is 0. The van der Waals surface area contributed by atoms with Crippen molar-refractivity contribution in [1.82, 2.24) is 0 Å². The molecule has 0 N–H and O–H groups in total. The summed E-state index contributed by atoms with van der Waals surface area (Å²) in [4.78, 5) is 14.0. The van der Waals surface area contributed by atoms with E-state index in [1.54, 1.807) is 42.4 Å². The summed E-state index contributed by atoms with van der Waals surface area (Å²) >= 11 is 0. The number of rotatable bonds is 7. The lowest BCUT2D eigenvalue weighted by Gasteiger charge is -2.21. The van der Waals surface area contributed by atoms with Crippen LogP contribution in [0.2, 0.25) is 0 Å². The number of carbonyl (C=O) groups is 1. The Morgan fingerprint density at radius 1 is 1.09 bits per heavy atom. The summed E-state index contributed by atoms with van der Waals surface area (Å²) in [5, 5.41) is 0. The topological polar surface area (TPSA) is 38.8 Å². The van der Waals surface area contributed by atoms with Crippen LogP contribution in [0.3, 0.4) is 0 Å². The van der Waals surface area contributed by atoms with Crippen molar-refractivity contribution < 1.29 is 14.3 Å². The molecule has 0 atom stereocenters. The monoisotopic (exact) mass is 297 g/mol. The number of carbonyl (C=O) groups excluding carboxylic acids is 1. The molecule has 0 unspecified atom stereocenters. The second-order valence-corrected chi connectivity index (χ2v) is 4.59.